The van der Waals surface area contributed by atoms with Gasteiger partial charge in [0.15, 0.2) is 0 Å². The molecular formula is C20H27Br. The molecule has 0 saturated heterocycles. The maximum atomic E-state index is 4.15. The maximum Gasteiger partial charge on any atom is 0.0243 e. The van der Waals surface area contributed by atoms with Crippen molar-refractivity contribution in [3.05, 3.63) is 35.9 Å². The van der Waals surface area contributed by atoms with Crippen LogP contribution in [0.3, 0.4) is 0 Å². The summed E-state index contributed by atoms with van der Waals surface area (Å²) in [5.41, 5.74) is 3.29. The van der Waals surface area contributed by atoms with Crippen LogP contribution in [0.1, 0.15) is 57.9 Å². The van der Waals surface area contributed by atoms with Crippen molar-refractivity contribution in [1.82, 2.24) is 0 Å². The Morgan fingerprint density at radius 1 is 1.00 bits per heavy atom. The van der Waals surface area contributed by atoms with E-state index in [0.29, 0.717) is 21.1 Å². The van der Waals surface area contributed by atoms with Crippen molar-refractivity contribution in [2.45, 2.75) is 63.6 Å². The minimum absolute atomic E-state index is 0.554. The molecule has 0 N–H and O–H groups in total. The van der Waals surface area contributed by atoms with Crippen LogP contribution in [0, 0.1) is 22.2 Å². The molecule has 5 rings (SSSR count). The highest BCUT2D eigenvalue weighted by Crippen LogP contribution is 2.71. The van der Waals surface area contributed by atoms with Gasteiger partial charge in [0.1, 0.15) is 0 Å². The van der Waals surface area contributed by atoms with Gasteiger partial charge in [-0.15, -0.1) is 0 Å². The standard InChI is InChI=1S/C20H27Br/c1-18-9-16-10-19(2,12-18)14-20(11-16,13-18)17(21)8-15-6-4-3-5-7-15/h3-7,16-17H,8-14H2,1-2H3. The van der Waals surface area contributed by atoms with Gasteiger partial charge in [0.05, 0.1) is 0 Å². The van der Waals surface area contributed by atoms with E-state index in [9.17, 15) is 0 Å². The molecule has 0 heterocycles. The molecule has 0 nitrogen and oxygen atoms in total. The second-order valence-corrected chi connectivity index (χ2v) is 10.3. The normalized spacial score (nSPS) is 45.8. The molecule has 4 fully saturated rings. The fourth-order valence-electron chi connectivity index (χ4n) is 6.92. The molecule has 4 saturated carbocycles. The molecule has 0 radical (unpaired) electrons. The van der Waals surface area contributed by atoms with Gasteiger partial charge >= 0.3 is 0 Å². The van der Waals surface area contributed by atoms with E-state index in [1.807, 2.05) is 0 Å². The molecule has 114 valence electrons. The quantitative estimate of drug-likeness (QED) is 0.589. The first-order valence-corrected chi connectivity index (χ1v) is 9.50. The fraction of sp³-hybridized carbons (Fsp3) is 0.700. The predicted molar refractivity (Wildman–Crippen MR) is 92.7 cm³/mol. The van der Waals surface area contributed by atoms with Gasteiger partial charge in [-0.1, -0.05) is 60.1 Å². The molecule has 0 aliphatic heterocycles. The van der Waals surface area contributed by atoms with Gasteiger partial charge in [-0.3, -0.25) is 0 Å². The first-order chi connectivity index (χ1) is 9.91. The summed E-state index contributed by atoms with van der Waals surface area (Å²) in [4.78, 5) is 0.648. The van der Waals surface area contributed by atoms with E-state index < -0.39 is 0 Å². The number of halogens is 1. The Morgan fingerprint density at radius 3 is 2.19 bits per heavy atom. The molecule has 0 amide bonds. The van der Waals surface area contributed by atoms with Crippen LogP contribution in [0.25, 0.3) is 0 Å². The largest absolute Gasteiger partial charge is 0.0881 e. The predicted octanol–water partition coefficient (Wildman–Crippen LogP) is 5.99. The van der Waals surface area contributed by atoms with Crippen molar-refractivity contribution < 1.29 is 0 Å². The van der Waals surface area contributed by atoms with Crippen molar-refractivity contribution in [2.24, 2.45) is 22.2 Å². The summed E-state index contributed by atoms with van der Waals surface area (Å²) in [5, 5.41) is 0. The van der Waals surface area contributed by atoms with Crippen LogP contribution >= 0.6 is 15.9 Å². The zero-order valence-corrected chi connectivity index (χ0v) is 15.0. The second-order valence-electron chi connectivity index (χ2n) is 9.15. The van der Waals surface area contributed by atoms with Crippen LogP contribution in [0.15, 0.2) is 30.3 Å². The van der Waals surface area contributed by atoms with Crippen LogP contribution in [-0.4, -0.2) is 4.83 Å². The van der Waals surface area contributed by atoms with Gasteiger partial charge in [0.2, 0.25) is 0 Å². The summed E-state index contributed by atoms with van der Waals surface area (Å²) < 4.78 is 0. The van der Waals surface area contributed by atoms with Crippen molar-refractivity contribution in [1.29, 1.82) is 0 Å². The summed E-state index contributed by atoms with van der Waals surface area (Å²) in [6.45, 7) is 5.15. The first-order valence-electron chi connectivity index (χ1n) is 8.59. The lowest BCUT2D eigenvalue weighted by molar-refractivity contribution is -0.144. The van der Waals surface area contributed by atoms with Crippen molar-refractivity contribution in [3.63, 3.8) is 0 Å². The van der Waals surface area contributed by atoms with Gasteiger partial charge in [0, 0.05) is 4.83 Å². The average Bonchev–Trinajstić information content (AvgIpc) is 2.35. The Balaban J connectivity index is 1.62. The average molecular weight is 347 g/mol. The van der Waals surface area contributed by atoms with Crippen LogP contribution in [0.2, 0.25) is 0 Å². The summed E-state index contributed by atoms with van der Waals surface area (Å²) in [5.74, 6) is 0.993. The topological polar surface area (TPSA) is 0 Å². The molecule has 4 aliphatic carbocycles. The Hall–Kier alpha value is -0.300. The lowest BCUT2D eigenvalue weighted by atomic mass is 9.39. The van der Waals surface area contributed by atoms with Crippen molar-refractivity contribution in [3.8, 4) is 0 Å². The molecule has 1 aromatic carbocycles. The fourth-order valence-corrected chi connectivity index (χ4v) is 7.81. The summed E-state index contributed by atoms with van der Waals surface area (Å²) in [6.07, 6.45) is 10.0. The molecule has 21 heavy (non-hydrogen) atoms. The molecular weight excluding hydrogens is 320 g/mol. The van der Waals surface area contributed by atoms with Crippen LogP contribution in [0.4, 0.5) is 0 Å². The minimum atomic E-state index is 0.554. The number of hydrogen-bond donors (Lipinski definition) is 0. The van der Waals surface area contributed by atoms with E-state index >= 15 is 0 Å². The zero-order valence-electron chi connectivity index (χ0n) is 13.4. The van der Waals surface area contributed by atoms with Crippen LogP contribution < -0.4 is 0 Å². The number of rotatable bonds is 3. The van der Waals surface area contributed by atoms with Gasteiger partial charge in [0.25, 0.3) is 0 Å². The smallest absolute Gasteiger partial charge is 0.0243 e. The number of alkyl halides is 1. The van der Waals surface area contributed by atoms with E-state index in [-0.39, 0.29) is 0 Å². The number of benzene rings is 1. The monoisotopic (exact) mass is 346 g/mol. The molecule has 3 unspecified atom stereocenters. The van der Waals surface area contributed by atoms with Gasteiger partial charge in [-0.05, 0) is 72.7 Å². The van der Waals surface area contributed by atoms with E-state index in [0.717, 1.165) is 5.92 Å². The van der Waals surface area contributed by atoms with Gasteiger partial charge in [-0.2, -0.15) is 0 Å². The Morgan fingerprint density at radius 2 is 1.62 bits per heavy atom. The third-order valence-electron chi connectivity index (χ3n) is 6.59. The molecule has 3 atom stereocenters. The molecule has 1 aromatic rings. The Kier molecular flexibility index (Phi) is 3.13. The van der Waals surface area contributed by atoms with Crippen molar-refractivity contribution >= 4 is 15.9 Å². The highest BCUT2D eigenvalue weighted by molar-refractivity contribution is 9.09. The van der Waals surface area contributed by atoms with Crippen LogP contribution in [-0.2, 0) is 6.42 Å². The summed E-state index contributed by atoms with van der Waals surface area (Å²) in [6, 6.07) is 11.1. The van der Waals surface area contributed by atoms with E-state index in [1.54, 1.807) is 0 Å². The summed E-state index contributed by atoms with van der Waals surface area (Å²) in [7, 11) is 0. The maximum absolute atomic E-state index is 4.15. The third kappa shape index (κ3) is 2.40. The lowest BCUT2D eigenvalue weighted by Crippen LogP contribution is -2.58. The lowest BCUT2D eigenvalue weighted by Gasteiger charge is -2.66. The molecule has 4 bridgehead atoms. The van der Waals surface area contributed by atoms with Gasteiger partial charge < -0.3 is 0 Å². The molecule has 1 heteroatoms. The molecule has 0 spiro atoms. The SMILES string of the molecule is CC12CC3CC(C)(C1)CC(C(Br)Cc1ccccc1)(C3)C2. The van der Waals surface area contributed by atoms with E-state index in [4.69, 9.17) is 0 Å². The number of hydrogen-bond acceptors (Lipinski definition) is 0. The highest BCUT2D eigenvalue weighted by Gasteiger charge is 2.61. The van der Waals surface area contributed by atoms with Gasteiger partial charge in [-0.25, -0.2) is 0 Å². The molecule has 4 aliphatic rings. The zero-order chi connectivity index (χ0) is 14.7. The van der Waals surface area contributed by atoms with Crippen LogP contribution in [0.5, 0.6) is 0 Å². The highest BCUT2D eigenvalue weighted by atomic mass is 79.9. The minimum Gasteiger partial charge on any atom is -0.0881 e. The van der Waals surface area contributed by atoms with E-state index in [1.165, 1.54) is 50.5 Å². The summed E-state index contributed by atoms with van der Waals surface area (Å²) >= 11 is 4.15. The second kappa shape index (κ2) is 4.60. The Bertz CT molecular complexity index is 516. The first kappa shape index (κ1) is 14.3. The van der Waals surface area contributed by atoms with Crippen molar-refractivity contribution in [2.75, 3.05) is 0 Å². The Labute approximate surface area is 137 Å². The molecule has 0 aromatic heterocycles. The third-order valence-corrected chi connectivity index (χ3v) is 7.89. The van der Waals surface area contributed by atoms with E-state index in [2.05, 4.69) is 60.1 Å².